The zero-order valence-corrected chi connectivity index (χ0v) is 20.1. The first kappa shape index (κ1) is 21.8. The van der Waals surface area contributed by atoms with Crippen LogP contribution in [0.4, 0.5) is 5.82 Å². The fraction of sp³-hybridized carbons (Fsp3) is 0.208. The summed E-state index contributed by atoms with van der Waals surface area (Å²) >= 11 is 1.60. The summed E-state index contributed by atoms with van der Waals surface area (Å²) in [6.45, 7) is 3.63. The minimum atomic E-state index is -0.299. The van der Waals surface area contributed by atoms with E-state index < -0.39 is 0 Å². The second-order valence-electron chi connectivity index (χ2n) is 8.20. The van der Waals surface area contributed by atoms with Crippen LogP contribution in [0.5, 0.6) is 0 Å². The van der Waals surface area contributed by atoms with Gasteiger partial charge in [-0.05, 0) is 42.8 Å². The number of carbonyl (C=O) groups is 2. The van der Waals surface area contributed by atoms with Gasteiger partial charge in [-0.1, -0.05) is 6.07 Å². The number of benzene rings is 2. The van der Waals surface area contributed by atoms with E-state index in [-0.39, 0.29) is 18.4 Å². The Morgan fingerprint density at radius 1 is 1.09 bits per heavy atom. The topological polar surface area (TPSA) is 110 Å². The lowest BCUT2D eigenvalue weighted by Gasteiger charge is -2.31. The van der Waals surface area contributed by atoms with Gasteiger partial charge in [0, 0.05) is 32.0 Å². The summed E-state index contributed by atoms with van der Waals surface area (Å²) in [5.41, 5.74) is 9.82. The molecule has 0 radical (unpaired) electrons. The van der Waals surface area contributed by atoms with Gasteiger partial charge in [-0.3, -0.25) is 19.3 Å². The highest BCUT2D eigenvalue weighted by molar-refractivity contribution is 7.18. The van der Waals surface area contributed by atoms with Crippen molar-refractivity contribution in [1.29, 1.82) is 0 Å². The first-order chi connectivity index (χ1) is 16.2. The van der Waals surface area contributed by atoms with Gasteiger partial charge in [0.2, 0.25) is 5.91 Å². The number of nitrogens with zero attached hydrogens (tertiary/aromatic N) is 6. The molecule has 0 spiro atoms. The molecule has 0 aliphatic rings. The zero-order valence-electron chi connectivity index (χ0n) is 19.2. The second kappa shape index (κ2) is 8.07. The first-order valence-electron chi connectivity index (χ1n) is 10.7. The van der Waals surface area contributed by atoms with E-state index in [0.29, 0.717) is 16.9 Å². The average Bonchev–Trinajstić information content (AvgIpc) is 3.38. The molecule has 0 unspecified atom stereocenters. The van der Waals surface area contributed by atoms with E-state index in [1.165, 1.54) is 16.9 Å². The van der Waals surface area contributed by atoms with Crippen molar-refractivity contribution in [3.05, 3.63) is 58.7 Å². The molecule has 0 aliphatic carbocycles. The molecule has 5 aromatic rings. The van der Waals surface area contributed by atoms with Crippen molar-refractivity contribution in [3.8, 4) is 0 Å². The number of amides is 2. The van der Waals surface area contributed by atoms with Gasteiger partial charge in [0.15, 0.2) is 0 Å². The van der Waals surface area contributed by atoms with E-state index in [1.54, 1.807) is 47.5 Å². The zero-order chi connectivity index (χ0) is 24.1. The Labute approximate surface area is 199 Å². The van der Waals surface area contributed by atoms with Crippen LogP contribution >= 0.6 is 11.3 Å². The molecule has 0 atom stereocenters. The van der Waals surface area contributed by atoms with Crippen LogP contribution in [-0.2, 0) is 18.4 Å². The lowest BCUT2D eigenvalue weighted by atomic mass is 10.1. The molecular formula is C24H23N7O2S. The predicted octanol–water partition coefficient (Wildman–Crippen LogP) is 3.66. The molecule has 9 nitrogen and oxygen atoms in total. The number of hydrazine groups is 1. The summed E-state index contributed by atoms with van der Waals surface area (Å²) in [6.07, 6.45) is 1.67. The van der Waals surface area contributed by atoms with Gasteiger partial charge < -0.3 is 5.73 Å². The largest absolute Gasteiger partial charge is 0.383 e. The van der Waals surface area contributed by atoms with Crippen molar-refractivity contribution in [2.75, 3.05) is 12.8 Å². The molecule has 172 valence electrons. The maximum Gasteiger partial charge on any atom is 0.272 e. The standard InChI is InChI=1S/C24H23N7O2S/c1-13-27-20-7-5-15(9-21(20)34-13)12-31(30(4)14(2)32)24(33)16-6-8-19-17(10-16)22-18(23(25)28-19)11-26-29(22)3/h5-11H,12H2,1-4H3,(H2,25,28). The van der Waals surface area contributed by atoms with Crippen molar-refractivity contribution < 1.29 is 9.59 Å². The third-order valence-electron chi connectivity index (χ3n) is 5.90. The van der Waals surface area contributed by atoms with Crippen LogP contribution in [0.2, 0.25) is 0 Å². The Hall–Kier alpha value is -4.05. The number of hydrogen-bond donors (Lipinski definition) is 1. The van der Waals surface area contributed by atoms with E-state index in [1.807, 2.05) is 32.2 Å². The van der Waals surface area contributed by atoms with E-state index >= 15 is 0 Å². The van der Waals surface area contributed by atoms with Crippen molar-refractivity contribution in [3.63, 3.8) is 0 Å². The summed E-state index contributed by atoms with van der Waals surface area (Å²) in [5, 5.41) is 9.56. The molecule has 2 amide bonds. The van der Waals surface area contributed by atoms with Crippen molar-refractivity contribution in [1.82, 2.24) is 29.8 Å². The Bertz CT molecular complexity index is 1600. The Morgan fingerprint density at radius 3 is 2.62 bits per heavy atom. The van der Waals surface area contributed by atoms with Crippen LogP contribution in [-0.4, -0.2) is 48.6 Å². The number of fused-ring (bicyclic) bond motifs is 4. The third-order valence-corrected chi connectivity index (χ3v) is 6.83. The van der Waals surface area contributed by atoms with Crippen LogP contribution in [0.15, 0.2) is 42.6 Å². The van der Waals surface area contributed by atoms with Crippen molar-refractivity contribution in [2.24, 2.45) is 7.05 Å². The number of nitrogen functional groups attached to an aromatic ring is 1. The van der Waals surface area contributed by atoms with Gasteiger partial charge in [-0.2, -0.15) is 5.10 Å². The van der Waals surface area contributed by atoms with Gasteiger partial charge >= 0.3 is 0 Å². The van der Waals surface area contributed by atoms with E-state index in [4.69, 9.17) is 5.73 Å². The maximum absolute atomic E-state index is 13.7. The second-order valence-corrected chi connectivity index (χ2v) is 9.43. The third kappa shape index (κ3) is 3.61. The number of carbonyl (C=O) groups excluding carboxylic acids is 2. The number of thiazole rings is 1. The van der Waals surface area contributed by atoms with Crippen LogP contribution in [0.25, 0.3) is 32.0 Å². The van der Waals surface area contributed by atoms with Gasteiger partial charge in [0.05, 0.1) is 44.4 Å². The van der Waals surface area contributed by atoms with Crippen LogP contribution in [0, 0.1) is 6.92 Å². The van der Waals surface area contributed by atoms with Crippen LogP contribution in [0.1, 0.15) is 27.9 Å². The van der Waals surface area contributed by atoms with E-state index in [2.05, 4.69) is 15.1 Å². The van der Waals surface area contributed by atoms with Crippen molar-refractivity contribution >= 4 is 61.0 Å². The highest BCUT2D eigenvalue weighted by Crippen LogP contribution is 2.29. The normalized spacial score (nSPS) is 11.4. The molecule has 2 aromatic carbocycles. The smallest absolute Gasteiger partial charge is 0.272 e. The van der Waals surface area contributed by atoms with E-state index in [0.717, 1.165) is 37.1 Å². The lowest BCUT2D eigenvalue weighted by molar-refractivity contribution is -0.140. The maximum atomic E-state index is 13.7. The Morgan fingerprint density at radius 2 is 1.85 bits per heavy atom. The highest BCUT2D eigenvalue weighted by Gasteiger charge is 2.24. The number of pyridine rings is 1. The predicted molar refractivity (Wildman–Crippen MR) is 133 cm³/mol. The molecule has 5 rings (SSSR count). The lowest BCUT2D eigenvalue weighted by Crippen LogP contribution is -2.46. The number of nitrogens with two attached hydrogens (primary N) is 1. The van der Waals surface area contributed by atoms with Crippen LogP contribution in [0.3, 0.4) is 0 Å². The summed E-state index contributed by atoms with van der Waals surface area (Å²) in [6, 6.07) is 11.1. The summed E-state index contributed by atoms with van der Waals surface area (Å²) < 4.78 is 2.76. The summed E-state index contributed by atoms with van der Waals surface area (Å²) in [7, 11) is 3.42. The summed E-state index contributed by atoms with van der Waals surface area (Å²) in [4.78, 5) is 34.9. The fourth-order valence-electron chi connectivity index (χ4n) is 4.08. The molecule has 0 bridgehead atoms. The summed E-state index contributed by atoms with van der Waals surface area (Å²) in [5.74, 6) is -0.152. The number of rotatable bonds is 3. The molecule has 0 saturated heterocycles. The number of aryl methyl sites for hydroxylation is 2. The Balaban J connectivity index is 1.57. The van der Waals surface area contributed by atoms with Crippen molar-refractivity contribution in [2.45, 2.75) is 20.4 Å². The average molecular weight is 474 g/mol. The van der Waals surface area contributed by atoms with Gasteiger partial charge in [-0.25, -0.2) is 15.0 Å². The molecular weight excluding hydrogens is 450 g/mol. The number of hydrogen-bond acceptors (Lipinski definition) is 7. The van der Waals surface area contributed by atoms with Gasteiger partial charge in [0.1, 0.15) is 5.82 Å². The van der Waals surface area contributed by atoms with Gasteiger partial charge in [0.25, 0.3) is 5.91 Å². The molecule has 10 heteroatoms. The number of anilines is 1. The minimum Gasteiger partial charge on any atom is -0.383 e. The SMILES string of the molecule is CC(=O)N(C)N(Cc1ccc2nc(C)sc2c1)C(=O)c1ccc2nc(N)c3cnn(C)c3c2c1. The quantitative estimate of drug-likeness (QED) is 0.401. The minimum absolute atomic E-state index is 0.237. The van der Waals surface area contributed by atoms with E-state index in [9.17, 15) is 9.59 Å². The molecule has 2 N–H and O–H groups in total. The first-order valence-corrected chi connectivity index (χ1v) is 11.5. The number of aromatic nitrogens is 4. The monoisotopic (exact) mass is 473 g/mol. The van der Waals surface area contributed by atoms with Gasteiger partial charge in [-0.15, -0.1) is 11.3 Å². The fourth-order valence-corrected chi connectivity index (χ4v) is 4.97. The molecule has 0 saturated carbocycles. The van der Waals surface area contributed by atoms with Crippen LogP contribution < -0.4 is 5.73 Å². The molecule has 0 aliphatic heterocycles. The molecule has 3 aromatic heterocycles. The highest BCUT2D eigenvalue weighted by atomic mass is 32.1. The molecule has 3 heterocycles. The Kier molecular flexibility index (Phi) is 5.17. The molecule has 0 fully saturated rings. The molecule has 34 heavy (non-hydrogen) atoms.